The van der Waals surface area contributed by atoms with Crippen LogP contribution in [0, 0.1) is 5.92 Å². The van der Waals surface area contributed by atoms with Crippen molar-refractivity contribution in [1.82, 2.24) is 4.90 Å². The summed E-state index contributed by atoms with van der Waals surface area (Å²) in [4.78, 5) is 26.0. The Kier molecular flexibility index (Phi) is 11.6. The third-order valence-electron chi connectivity index (χ3n) is 3.38. The van der Waals surface area contributed by atoms with Crippen LogP contribution in [-0.2, 0) is 14.3 Å². The predicted molar refractivity (Wildman–Crippen MR) is 87.7 cm³/mol. The van der Waals surface area contributed by atoms with Gasteiger partial charge in [-0.05, 0) is 32.6 Å². The Bertz CT molecular complexity index is 318. The molecule has 0 aliphatic heterocycles. The lowest BCUT2D eigenvalue weighted by molar-refractivity contribution is -0.149. The van der Waals surface area contributed by atoms with Crippen molar-refractivity contribution in [2.75, 3.05) is 19.8 Å². The average Bonchev–Trinajstić information content (AvgIpc) is 2.45. The standard InChI is InChI=1S/C17H33NO4/c1-6-9-10-11-12-18(17(20)22-8-3)15(13-14(4)5)16(19)21-7-2/h14-15H,6-13H2,1-5H3/t15-/m0/s1. The van der Waals surface area contributed by atoms with Crippen LogP contribution in [0.2, 0.25) is 0 Å². The first-order valence-electron chi connectivity index (χ1n) is 8.57. The Morgan fingerprint density at radius 3 is 2.09 bits per heavy atom. The highest BCUT2D eigenvalue weighted by Crippen LogP contribution is 2.16. The Labute approximate surface area is 135 Å². The van der Waals surface area contributed by atoms with Crippen LogP contribution in [0.15, 0.2) is 0 Å². The summed E-state index contributed by atoms with van der Waals surface area (Å²) in [7, 11) is 0. The molecule has 0 aliphatic rings. The van der Waals surface area contributed by atoms with E-state index in [1.54, 1.807) is 18.7 Å². The zero-order valence-electron chi connectivity index (χ0n) is 14.9. The van der Waals surface area contributed by atoms with E-state index >= 15 is 0 Å². The van der Waals surface area contributed by atoms with E-state index in [1.807, 2.05) is 13.8 Å². The van der Waals surface area contributed by atoms with E-state index in [4.69, 9.17) is 9.47 Å². The Morgan fingerprint density at radius 1 is 0.955 bits per heavy atom. The largest absolute Gasteiger partial charge is 0.464 e. The molecule has 0 bridgehead atoms. The summed E-state index contributed by atoms with van der Waals surface area (Å²) in [6.07, 6.45) is 4.35. The van der Waals surface area contributed by atoms with Gasteiger partial charge in [-0.3, -0.25) is 4.90 Å². The smallest absolute Gasteiger partial charge is 0.410 e. The minimum Gasteiger partial charge on any atom is -0.464 e. The maximum Gasteiger partial charge on any atom is 0.410 e. The molecule has 0 radical (unpaired) electrons. The number of esters is 1. The summed E-state index contributed by atoms with van der Waals surface area (Å²) in [5.41, 5.74) is 0. The molecule has 0 rings (SSSR count). The number of amides is 1. The first-order chi connectivity index (χ1) is 10.5. The van der Waals surface area contributed by atoms with Gasteiger partial charge in [0.05, 0.1) is 13.2 Å². The lowest BCUT2D eigenvalue weighted by atomic mass is 10.0. The number of carbonyl (C=O) groups is 2. The van der Waals surface area contributed by atoms with Gasteiger partial charge in [-0.25, -0.2) is 9.59 Å². The summed E-state index contributed by atoms with van der Waals surface area (Å²) in [6, 6.07) is -0.555. The number of hydrogen-bond donors (Lipinski definition) is 0. The van der Waals surface area contributed by atoms with Crippen LogP contribution < -0.4 is 0 Å². The van der Waals surface area contributed by atoms with E-state index in [0.29, 0.717) is 32.1 Å². The van der Waals surface area contributed by atoms with Gasteiger partial charge >= 0.3 is 12.1 Å². The number of unbranched alkanes of at least 4 members (excludes halogenated alkanes) is 3. The molecule has 22 heavy (non-hydrogen) atoms. The van der Waals surface area contributed by atoms with Crippen molar-refractivity contribution in [2.45, 2.75) is 72.8 Å². The lowest BCUT2D eigenvalue weighted by Gasteiger charge is -2.30. The number of nitrogens with zero attached hydrogens (tertiary/aromatic N) is 1. The van der Waals surface area contributed by atoms with Crippen LogP contribution in [0.4, 0.5) is 4.79 Å². The van der Waals surface area contributed by atoms with Crippen molar-refractivity contribution in [3.63, 3.8) is 0 Å². The molecule has 0 saturated heterocycles. The van der Waals surface area contributed by atoms with Gasteiger partial charge in [0.15, 0.2) is 0 Å². The van der Waals surface area contributed by atoms with Gasteiger partial charge in [0.1, 0.15) is 6.04 Å². The maximum atomic E-state index is 12.2. The molecule has 0 N–H and O–H groups in total. The molecule has 1 amide bonds. The monoisotopic (exact) mass is 315 g/mol. The van der Waals surface area contributed by atoms with Crippen LogP contribution in [0.1, 0.15) is 66.7 Å². The molecule has 0 heterocycles. The van der Waals surface area contributed by atoms with Crippen LogP contribution >= 0.6 is 0 Å². The molecule has 5 nitrogen and oxygen atoms in total. The van der Waals surface area contributed by atoms with Gasteiger partial charge in [-0.2, -0.15) is 0 Å². The first kappa shape index (κ1) is 20.7. The van der Waals surface area contributed by atoms with Gasteiger partial charge in [0.25, 0.3) is 0 Å². The zero-order valence-corrected chi connectivity index (χ0v) is 14.9. The van der Waals surface area contributed by atoms with E-state index in [9.17, 15) is 9.59 Å². The van der Waals surface area contributed by atoms with Gasteiger partial charge in [0.2, 0.25) is 0 Å². The highest BCUT2D eigenvalue weighted by molar-refractivity contribution is 5.81. The van der Waals surface area contributed by atoms with Gasteiger partial charge in [-0.15, -0.1) is 0 Å². The second kappa shape index (κ2) is 12.3. The highest BCUT2D eigenvalue weighted by atomic mass is 16.6. The van der Waals surface area contributed by atoms with Crippen LogP contribution in [-0.4, -0.2) is 42.8 Å². The molecule has 0 spiro atoms. The average molecular weight is 315 g/mol. The van der Waals surface area contributed by atoms with Crippen LogP contribution in [0.5, 0.6) is 0 Å². The number of hydrogen-bond acceptors (Lipinski definition) is 4. The fourth-order valence-corrected chi connectivity index (χ4v) is 2.33. The second-order valence-corrected chi connectivity index (χ2v) is 5.85. The highest BCUT2D eigenvalue weighted by Gasteiger charge is 2.32. The van der Waals surface area contributed by atoms with Crippen LogP contribution in [0.25, 0.3) is 0 Å². The Balaban J connectivity index is 4.98. The lowest BCUT2D eigenvalue weighted by Crippen LogP contribution is -2.47. The van der Waals surface area contributed by atoms with Gasteiger partial charge in [-0.1, -0.05) is 40.0 Å². The number of ether oxygens (including phenoxy) is 2. The summed E-state index contributed by atoms with van der Waals surface area (Å²) in [5.74, 6) is -0.0401. The normalized spacial score (nSPS) is 12.1. The van der Waals surface area contributed by atoms with Crippen LogP contribution in [0.3, 0.4) is 0 Å². The number of carbonyl (C=O) groups excluding carboxylic acids is 2. The predicted octanol–water partition coefficient (Wildman–Crippen LogP) is 4.00. The summed E-state index contributed by atoms with van der Waals surface area (Å²) < 4.78 is 10.3. The van der Waals surface area contributed by atoms with E-state index in [0.717, 1.165) is 25.7 Å². The van der Waals surface area contributed by atoms with Crippen molar-refractivity contribution >= 4 is 12.1 Å². The van der Waals surface area contributed by atoms with E-state index in [-0.39, 0.29) is 5.97 Å². The van der Waals surface area contributed by atoms with Crippen molar-refractivity contribution in [3.8, 4) is 0 Å². The molecule has 5 heteroatoms. The third-order valence-corrected chi connectivity index (χ3v) is 3.38. The zero-order chi connectivity index (χ0) is 17.0. The van der Waals surface area contributed by atoms with E-state index < -0.39 is 12.1 Å². The molecule has 0 fully saturated rings. The van der Waals surface area contributed by atoms with Gasteiger partial charge < -0.3 is 9.47 Å². The molecule has 0 unspecified atom stereocenters. The minimum atomic E-state index is -0.555. The maximum absolute atomic E-state index is 12.2. The SMILES string of the molecule is CCCCCCN(C(=O)OCC)[C@@H](CC(C)C)C(=O)OCC. The summed E-state index contributed by atoms with van der Waals surface area (Å²) in [5, 5.41) is 0. The second-order valence-electron chi connectivity index (χ2n) is 5.85. The van der Waals surface area contributed by atoms with Crippen molar-refractivity contribution in [3.05, 3.63) is 0 Å². The molecule has 0 aromatic rings. The molecule has 0 aromatic carbocycles. The van der Waals surface area contributed by atoms with Crippen molar-refractivity contribution < 1.29 is 19.1 Å². The van der Waals surface area contributed by atoms with E-state index in [2.05, 4.69) is 6.92 Å². The number of rotatable bonds is 11. The molecular weight excluding hydrogens is 282 g/mol. The van der Waals surface area contributed by atoms with E-state index in [1.165, 1.54) is 0 Å². The molecule has 0 aliphatic carbocycles. The topological polar surface area (TPSA) is 55.8 Å². The van der Waals surface area contributed by atoms with Crippen molar-refractivity contribution in [2.24, 2.45) is 5.92 Å². The summed E-state index contributed by atoms with van der Waals surface area (Å²) >= 11 is 0. The molecule has 0 saturated carbocycles. The Hall–Kier alpha value is -1.26. The quantitative estimate of drug-likeness (QED) is 0.427. The fourth-order valence-electron chi connectivity index (χ4n) is 2.33. The molecule has 1 atom stereocenters. The molecule has 130 valence electrons. The molecule has 0 aromatic heterocycles. The van der Waals surface area contributed by atoms with Gasteiger partial charge in [0, 0.05) is 6.54 Å². The Morgan fingerprint density at radius 2 is 1.59 bits per heavy atom. The fraction of sp³-hybridized carbons (Fsp3) is 0.882. The van der Waals surface area contributed by atoms with Crippen molar-refractivity contribution in [1.29, 1.82) is 0 Å². The summed E-state index contributed by atoms with van der Waals surface area (Å²) in [6.45, 7) is 10.9. The molecular formula is C17H33NO4. The third kappa shape index (κ3) is 8.25. The first-order valence-corrected chi connectivity index (χ1v) is 8.57. The minimum absolute atomic E-state index is 0.293.